The molecule has 0 saturated heterocycles. The molecule has 0 aliphatic heterocycles. The Morgan fingerprint density at radius 1 is 0.931 bits per heavy atom. The predicted octanol–water partition coefficient (Wildman–Crippen LogP) is 7.52. The summed E-state index contributed by atoms with van der Waals surface area (Å²) in [5.74, 6) is 9.20. The Labute approximate surface area is 172 Å². The Morgan fingerprint density at radius 3 is 2.07 bits per heavy atom. The summed E-state index contributed by atoms with van der Waals surface area (Å²) in [4.78, 5) is 0. The summed E-state index contributed by atoms with van der Waals surface area (Å²) in [6, 6.07) is 5.66. The van der Waals surface area contributed by atoms with E-state index in [0.717, 1.165) is 17.8 Å². The van der Waals surface area contributed by atoms with Crippen molar-refractivity contribution in [1.82, 2.24) is 0 Å². The van der Waals surface area contributed by atoms with E-state index >= 15 is 0 Å². The van der Waals surface area contributed by atoms with E-state index < -0.39 is 6.36 Å². The van der Waals surface area contributed by atoms with Crippen molar-refractivity contribution in [2.75, 3.05) is 0 Å². The fourth-order valence-electron chi connectivity index (χ4n) is 4.93. The van der Waals surface area contributed by atoms with Gasteiger partial charge in [0.25, 0.3) is 0 Å². The molecule has 0 atom stereocenters. The maximum atomic E-state index is 12.2. The predicted molar refractivity (Wildman–Crippen MR) is 110 cm³/mol. The van der Waals surface area contributed by atoms with Crippen molar-refractivity contribution in [3.8, 4) is 17.6 Å². The summed E-state index contributed by atoms with van der Waals surface area (Å²) in [5, 5.41) is 0. The molecular weight excluding hydrogens is 373 g/mol. The molecule has 2 aliphatic rings. The van der Waals surface area contributed by atoms with Crippen LogP contribution in [0.25, 0.3) is 0 Å². The van der Waals surface area contributed by atoms with Gasteiger partial charge in [0, 0.05) is 5.56 Å². The molecule has 1 nitrogen and oxygen atoms in total. The smallest absolute Gasteiger partial charge is 0.406 e. The maximum Gasteiger partial charge on any atom is 0.573 e. The molecule has 29 heavy (non-hydrogen) atoms. The molecule has 2 saturated carbocycles. The molecule has 2 fully saturated rings. The minimum atomic E-state index is -4.66. The summed E-state index contributed by atoms with van der Waals surface area (Å²) in [6.07, 6.45) is 11.7. The number of halogens is 3. The van der Waals surface area contributed by atoms with Crippen LogP contribution in [0.2, 0.25) is 0 Å². The summed E-state index contributed by atoms with van der Waals surface area (Å²) in [6.45, 7) is 2.32. The highest BCUT2D eigenvalue weighted by molar-refractivity contribution is 5.40. The Balaban J connectivity index is 1.41. The molecule has 1 aromatic rings. The number of benzene rings is 1. The zero-order valence-corrected chi connectivity index (χ0v) is 17.2. The van der Waals surface area contributed by atoms with Crippen LogP contribution in [0.4, 0.5) is 13.2 Å². The molecule has 0 bridgehead atoms. The fourth-order valence-corrected chi connectivity index (χ4v) is 4.93. The first-order valence-corrected chi connectivity index (χ1v) is 11.0. The minimum absolute atomic E-state index is 0.224. The third-order valence-corrected chi connectivity index (χ3v) is 6.71. The van der Waals surface area contributed by atoms with Crippen LogP contribution in [0.1, 0.15) is 70.3 Å². The second-order valence-corrected chi connectivity index (χ2v) is 8.56. The van der Waals surface area contributed by atoms with Gasteiger partial charge in [-0.3, -0.25) is 0 Å². The van der Waals surface area contributed by atoms with Crippen LogP contribution < -0.4 is 4.74 Å². The molecule has 1 aromatic carbocycles. The monoisotopic (exact) mass is 404 g/mol. The van der Waals surface area contributed by atoms with Gasteiger partial charge in [-0.05, 0) is 92.5 Å². The first kappa shape index (κ1) is 21.8. The van der Waals surface area contributed by atoms with E-state index in [0.29, 0.717) is 11.5 Å². The molecule has 0 aromatic heterocycles. The van der Waals surface area contributed by atoms with Gasteiger partial charge in [0.2, 0.25) is 0 Å². The third kappa shape index (κ3) is 7.14. The van der Waals surface area contributed by atoms with E-state index in [1.807, 2.05) is 6.08 Å². The third-order valence-electron chi connectivity index (χ3n) is 6.71. The molecule has 0 radical (unpaired) electrons. The van der Waals surface area contributed by atoms with Gasteiger partial charge in [0.15, 0.2) is 0 Å². The fraction of sp³-hybridized carbons (Fsp3) is 0.600. The van der Waals surface area contributed by atoms with Crippen molar-refractivity contribution in [3.63, 3.8) is 0 Å². The van der Waals surface area contributed by atoms with Crippen molar-refractivity contribution >= 4 is 0 Å². The topological polar surface area (TPSA) is 9.23 Å². The molecule has 158 valence electrons. The van der Waals surface area contributed by atoms with Crippen molar-refractivity contribution < 1.29 is 17.9 Å². The number of hydrogen-bond acceptors (Lipinski definition) is 1. The lowest BCUT2D eigenvalue weighted by Gasteiger charge is -2.37. The summed E-state index contributed by atoms with van der Waals surface area (Å²) >= 11 is 0. The van der Waals surface area contributed by atoms with Crippen LogP contribution in [0.3, 0.4) is 0 Å². The molecule has 0 heterocycles. The number of hydrogen-bond donors (Lipinski definition) is 0. The minimum Gasteiger partial charge on any atom is -0.406 e. The molecule has 2 aliphatic carbocycles. The van der Waals surface area contributed by atoms with Gasteiger partial charge in [-0.2, -0.15) is 0 Å². The molecule has 0 spiro atoms. The first-order valence-electron chi connectivity index (χ1n) is 11.0. The van der Waals surface area contributed by atoms with Gasteiger partial charge in [-0.25, -0.2) is 0 Å². The van der Waals surface area contributed by atoms with Crippen LogP contribution >= 0.6 is 0 Å². The second-order valence-electron chi connectivity index (χ2n) is 8.56. The Kier molecular flexibility index (Phi) is 7.70. The molecule has 0 unspecified atom stereocenters. The Bertz CT molecular complexity index is 707. The van der Waals surface area contributed by atoms with Crippen molar-refractivity contribution in [2.24, 2.45) is 23.7 Å². The standard InChI is InChI=1S/C25H31F3O/c1-2-19-7-13-22(14-8-19)23-15-9-20(10-16-23)5-3-4-6-21-11-17-24(18-12-21)29-25(26,27)28/h3,5,11-12,17-20,22-23H,2,7-10,13-16H2,1H3/b5-3+/t19-,20?,22-,23?. The molecule has 4 heteroatoms. The largest absolute Gasteiger partial charge is 0.573 e. The van der Waals surface area contributed by atoms with E-state index in [1.54, 1.807) is 12.1 Å². The number of rotatable bonds is 4. The highest BCUT2D eigenvalue weighted by Gasteiger charge is 2.31. The quantitative estimate of drug-likeness (QED) is 0.472. The first-order chi connectivity index (χ1) is 13.9. The van der Waals surface area contributed by atoms with Crippen LogP contribution in [-0.4, -0.2) is 6.36 Å². The number of allylic oxidation sites excluding steroid dienone is 2. The van der Waals surface area contributed by atoms with E-state index in [9.17, 15) is 13.2 Å². The zero-order chi connectivity index (χ0) is 20.7. The van der Waals surface area contributed by atoms with E-state index in [1.165, 1.54) is 69.9 Å². The van der Waals surface area contributed by atoms with E-state index in [2.05, 4.69) is 29.6 Å². The van der Waals surface area contributed by atoms with Gasteiger partial charge in [0.1, 0.15) is 5.75 Å². The van der Waals surface area contributed by atoms with Crippen molar-refractivity contribution in [1.29, 1.82) is 0 Å². The highest BCUT2D eigenvalue weighted by Crippen LogP contribution is 2.42. The average molecular weight is 405 g/mol. The molecule has 0 N–H and O–H groups in total. The molecule has 0 amide bonds. The lowest BCUT2D eigenvalue weighted by atomic mass is 9.69. The Morgan fingerprint density at radius 2 is 1.52 bits per heavy atom. The van der Waals surface area contributed by atoms with Crippen molar-refractivity contribution in [3.05, 3.63) is 42.0 Å². The number of ether oxygens (including phenoxy) is 1. The van der Waals surface area contributed by atoms with Gasteiger partial charge in [-0.15, -0.1) is 13.2 Å². The summed E-state index contributed by atoms with van der Waals surface area (Å²) in [5.41, 5.74) is 0.676. The van der Waals surface area contributed by atoms with Gasteiger partial charge >= 0.3 is 6.36 Å². The summed E-state index contributed by atoms with van der Waals surface area (Å²) < 4.78 is 40.4. The van der Waals surface area contributed by atoms with Crippen LogP contribution in [0.5, 0.6) is 5.75 Å². The van der Waals surface area contributed by atoms with Crippen molar-refractivity contribution in [2.45, 2.75) is 71.1 Å². The van der Waals surface area contributed by atoms with E-state index in [-0.39, 0.29) is 5.75 Å². The maximum absolute atomic E-state index is 12.2. The number of alkyl halides is 3. The summed E-state index contributed by atoms with van der Waals surface area (Å²) in [7, 11) is 0. The van der Waals surface area contributed by atoms with Gasteiger partial charge in [-0.1, -0.05) is 44.1 Å². The van der Waals surface area contributed by atoms with Crippen LogP contribution in [0.15, 0.2) is 36.4 Å². The second kappa shape index (κ2) is 10.2. The Hall–Kier alpha value is -1.89. The van der Waals surface area contributed by atoms with E-state index in [4.69, 9.17) is 0 Å². The van der Waals surface area contributed by atoms with Crippen LogP contribution in [-0.2, 0) is 0 Å². The lowest BCUT2D eigenvalue weighted by Crippen LogP contribution is -2.25. The normalized spacial score (nSPS) is 28.0. The highest BCUT2D eigenvalue weighted by atomic mass is 19.4. The lowest BCUT2D eigenvalue weighted by molar-refractivity contribution is -0.274. The van der Waals surface area contributed by atoms with Gasteiger partial charge in [0.05, 0.1) is 0 Å². The van der Waals surface area contributed by atoms with Crippen LogP contribution in [0, 0.1) is 35.5 Å². The SMILES string of the molecule is CC[C@H]1CC[C@H](C2CCC(/C=C/C#Cc3ccc(OC(F)(F)F)cc3)CC2)CC1. The molecular formula is C25H31F3O. The van der Waals surface area contributed by atoms with Gasteiger partial charge < -0.3 is 4.74 Å². The molecule has 3 rings (SSSR count). The zero-order valence-electron chi connectivity index (χ0n) is 17.2. The average Bonchev–Trinajstić information content (AvgIpc) is 2.72.